The molecule has 0 unspecified atom stereocenters. The van der Waals surface area contributed by atoms with Crippen LogP contribution in [0, 0.1) is 0 Å². The lowest BCUT2D eigenvalue weighted by molar-refractivity contribution is 0.0954. The second kappa shape index (κ2) is 6.97. The standard InChI is InChI=1S/C17H12ClN3O3/c18-15-14(20-17(24-15)11-5-2-1-3-6-11)10-19-21-16(23)12-7-4-8-13(22)9-12/h1-10,22H,(H,21,23)/b19-10-. The summed E-state index contributed by atoms with van der Waals surface area (Å²) in [5, 5.41) is 13.2. The minimum absolute atomic E-state index is 0.00122. The van der Waals surface area contributed by atoms with Crippen LogP contribution in [0.3, 0.4) is 0 Å². The first-order chi connectivity index (χ1) is 11.6. The summed E-state index contributed by atoms with van der Waals surface area (Å²) < 4.78 is 5.38. The molecule has 7 heteroatoms. The maximum absolute atomic E-state index is 11.9. The minimum Gasteiger partial charge on any atom is -0.508 e. The average molecular weight is 342 g/mol. The number of rotatable bonds is 4. The van der Waals surface area contributed by atoms with Gasteiger partial charge in [0.25, 0.3) is 5.91 Å². The van der Waals surface area contributed by atoms with Crippen LogP contribution in [-0.2, 0) is 0 Å². The molecule has 1 aromatic heterocycles. The molecule has 0 fully saturated rings. The van der Waals surface area contributed by atoms with Gasteiger partial charge in [-0.3, -0.25) is 4.79 Å². The molecule has 1 heterocycles. The molecule has 6 nitrogen and oxygen atoms in total. The van der Waals surface area contributed by atoms with Gasteiger partial charge in [0, 0.05) is 11.1 Å². The number of benzene rings is 2. The first kappa shape index (κ1) is 15.8. The van der Waals surface area contributed by atoms with Crippen LogP contribution in [-0.4, -0.2) is 22.2 Å². The number of aromatic hydroxyl groups is 1. The number of carbonyl (C=O) groups excluding carboxylic acids is 1. The summed E-state index contributed by atoms with van der Waals surface area (Å²) >= 11 is 5.98. The number of oxazole rings is 1. The maximum Gasteiger partial charge on any atom is 0.271 e. The third kappa shape index (κ3) is 3.61. The van der Waals surface area contributed by atoms with Crippen molar-refractivity contribution in [1.29, 1.82) is 0 Å². The highest BCUT2D eigenvalue weighted by Crippen LogP contribution is 2.24. The fraction of sp³-hybridized carbons (Fsp3) is 0. The Morgan fingerprint density at radius 3 is 2.75 bits per heavy atom. The Balaban J connectivity index is 1.71. The van der Waals surface area contributed by atoms with Gasteiger partial charge in [-0.25, -0.2) is 10.4 Å². The molecule has 2 N–H and O–H groups in total. The normalized spacial score (nSPS) is 10.9. The van der Waals surface area contributed by atoms with Gasteiger partial charge in [0.2, 0.25) is 11.1 Å². The third-order valence-corrected chi connectivity index (χ3v) is 3.36. The molecule has 0 saturated carbocycles. The number of halogens is 1. The maximum atomic E-state index is 11.9. The summed E-state index contributed by atoms with van der Waals surface area (Å²) in [6, 6.07) is 15.2. The third-order valence-electron chi connectivity index (χ3n) is 3.09. The molecule has 1 amide bonds. The number of hydrogen-bond acceptors (Lipinski definition) is 5. The Bertz CT molecular complexity index is 891. The van der Waals surface area contributed by atoms with Crippen molar-refractivity contribution in [2.45, 2.75) is 0 Å². The van der Waals surface area contributed by atoms with Crippen LogP contribution in [0.5, 0.6) is 5.75 Å². The Morgan fingerprint density at radius 2 is 2.00 bits per heavy atom. The number of aromatic nitrogens is 1. The van der Waals surface area contributed by atoms with Crippen LogP contribution in [0.25, 0.3) is 11.5 Å². The molecule has 0 bridgehead atoms. The summed E-state index contributed by atoms with van der Waals surface area (Å²) in [4.78, 5) is 16.1. The fourth-order valence-electron chi connectivity index (χ4n) is 1.96. The van der Waals surface area contributed by atoms with Crippen molar-refractivity contribution in [3.05, 3.63) is 71.1 Å². The number of carbonyl (C=O) groups is 1. The van der Waals surface area contributed by atoms with Crippen molar-refractivity contribution in [2.75, 3.05) is 0 Å². The predicted octanol–water partition coefficient (Wildman–Crippen LogP) is 3.46. The number of phenolic OH excluding ortho intramolecular Hbond substituents is 1. The van der Waals surface area contributed by atoms with E-state index in [1.807, 2.05) is 30.3 Å². The molecule has 3 rings (SSSR count). The summed E-state index contributed by atoms with van der Waals surface area (Å²) in [6.45, 7) is 0. The molecule has 2 aromatic carbocycles. The van der Waals surface area contributed by atoms with E-state index in [2.05, 4.69) is 15.5 Å². The second-order valence-electron chi connectivity index (χ2n) is 4.79. The highest BCUT2D eigenvalue weighted by atomic mass is 35.5. The molecule has 0 aliphatic carbocycles. The highest BCUT2D eigenvalue weighted by molar-refractivity contribution is 6.31. The number of amides is 1. The largest absolute Gasteiger partial charge is 0.508 e. The average Bonchev–Trinajstić information content (AvgIpc) is 2.96. The molecule has 0 radical (unpaired) electrons. The Kier molecular flexibility index (Phi) is 4.58. The number of hydrogen-bond donors (Lipinski definition) is 2. The lowest BCUT2D eigenvalue weighted by Gasteiger charge is -1.99. The van der Waals surface area contributed by atoms with Gasteiger partial charge in [0.1, 0.15) is 11.4 Å². The van der Waals surface area contributed by atoms with Gasteiger partial charge in [-0.2, -0.15) is 5.10 Å². The molecule has 24 heavy (non-hydrogen) atoms. The summed E-state index contributed by atoms with van der Waals surface area (Å²) in [5.74, 6) is -0.106. The van der Waals surface area contributed by atoms with E-state index in [1.54, 1.807) is 12.1 Å². The molecular formula is C17H12ClN3O3. The molecule has 0 aliphatic heterocycles. The van der Waals surface area contributed by atoms with E-state index in [-0.39, 0.29) is 16.5 Å². The zero-order valence-electron chi connectivity index (χ0n) is 12.3. The number of nitrogens with zero attached hydrogens (tertiary/aromatic N) is 2. The predicted molar refractivity (Wildman–Crippen MR) is 90.1 cm³/mol. The molecule has 0 saturated heterocycles. The summed E-state index contributed by atoms with van der Waals surface area (Å²) in [6.07, 6.45) is 1.29. The Labute approximate surface area is 142 Å². The lowest BCUT2D eigenvalue weighted by Crippen LogP contribution is -2.17. The van der Waals surface area contributed by atoms with E-state index in [9.17, 15) is 9.90 Å². The number of nitrogens with one attached hydrogen (secondary N) is 1. The van der Waals surface area contributed by atoms with Crippen molar-refractivity contribution in [2.24, 2.45) is 5.10 Å². The van der Waals surface area contributed by atoms with Crippen molar-refractivity contribution < 1.29 is 14.3 Å². The lowest BCUT2D eigenvalue weighted by atomic mass is 10.2. The van der Waals surface area contributed by atoms with Crippen LogP contribution in [0.2, 0.25) is 5.22 Å². The van der Waals surface area contributed by atoms with Crippen molar-refractivity contribution >= 4 is 23.7 Å². The zero-order chi connectivity index (χ0) is 16.9. The van der Waals surface area contributed by atoms with Gasteiger partial charge in [-0.05, 0) is 41.9 Å². The molecule has 0 spiro atoms. The monoisotopic (exact) mass is 341 g/mol. The van der Waals surface area contributed by atoms with E-state index in [4.69, 9.17) is 16.0 Å². The van der Waals surface area contributed by atoms with Gasteiger partial charge in [0.15, 0.2) is 0 Å². The van der Waals surface area contributed by atoms with Crippen molar-refractivity contribution in [3.63, 3.8) is 0 Å². The van der Waals surface area contributed by atoms with Crippen LogP contribution < -0.4 is 5.43 Å². The Morgan fingerprint density at radius 1 is 1.21 bits per heavy atom. The van der Waals surface area contributed by atoms with E-state index in [0.717, 1.165) is 5.56 Å². The quantitative estimate of drug-likeness (QED) is 0.562. The summed E-state index contributed by atoms with van der Waals surface area (Å²) in [5.41, 5.74) is 3.69. The van der Waals surface area contributed by atoms with Crippen LogP contribution in [0.15, 0.2) is 64.1 Å². The van der Waals surface area contributed by atoms with Crippen molar-refractivity contribution in [1.82, 2.24) is 10.4 Å². The number of phenols is 1. The minimum atomic E-state index is -0.468. The summed E-state index contributed by atoms with van der Waals surface area (Å²) in [7, 11) is 0. The van der Waals surface area contributed by atoms with E-state index in [1.165, 1.54) is 18.3 Å². The Hall–Kier alpha value is -3.12. The molecule has 3 aromatic rings. The van der Waals surface area contributed by atoms with Gasteiger partial charge < -0.3 is 9.52 Å². The second-order valence-corrected chi connectivity index (χ2v) is 5.14. The highest BCUT2D eigenvalue weighted by Gasteiger charge is 2.11. The topological polar surface area (TPSA) is 87.7 Å². The van der Waals surface area contributed by atoms with E-state index >= 15 is 0 Å². The van der Waals surface area contributed by atoms with Gasteiger partial charge in [-0.1, -0.05) is 24.3 Å². The first-order valence-electron chi connectivity index (χ1n) is 6.97. The fourth-order valence-corrected chi connectivity index (χ4v) is 2.13. The number of hydrazone groups is 1. The van der Waals surface area contributed by atoms with Crippen LogP contribution in [0.4, 0.5) is 0 Å². The molecule has 0 aliphatic rings. The van der Waals surface area contributed by atoms with Gasteiger partial charge >= 0.3 is 0 Å². The molecule has 120 valence electrons. The van der Waals surface area contributed by atoms with Crippen molar-refractivity contribution in [3.8, 4) is 17.2 Å². The SMILES string of the molecule is O=C(N/N=C\c1nc(-c2ccccc2)oc1Cl)c1cccc(O)c1. The molecular weight excluding hydrogens is 330 g/mol. The van der Waals surface area contributed by atoms with Gasteiger partial charge in [-0.15, -0.1) is 0 Å². The smallest absolute Gasteiger partial charge is 0.271 e. The zero-order valence-corrected chi connectivity index (χ0v) is 13.1. The van der Waals surface area contributed by atoms with Crippen LogP contribution >= 0.6 is 11.6 Å². The van der Waals surface area contributed by atoms with Gasteiger partial charge in [0.05, 0.1) is 6.21 Å². The van der Waals surface area contributed by atoms with E-state index < -0.39 is 5.91 Å². The van der Waals surface area contributed by atoms with E-state index in [0.29, 0.717) is 11.6 Å². The molecule has 0 atom stereocenters. The first-order valence-corrected chi connectivity index (χ1v) is 7.35. The van der Waals surface area contributed by atoms with Crippen LogP contribution in [0.1, 0.15) is 16.1 Å².